The van der Waals surface area contributed by atoms with Crippen molar-refractivity contribution in [2.24, 2.45) is 0 Å². The number of carbonyl (C=O) groups is 2. The van der Waals surface area contributed by atoms with Crippen LogP contribution >= 0.6 is 24.0 Å². The topological polar surface area (TPSA) is 103 Å². The van der Waals surface area contributed by atoms with Gasteiger partial charge in [0.15, 0.2) is 5.78 Å². The Morgan fingerprint density at radius 3 is 2.51 bits per heavy atom. The highest BCUT2D eigenvalue weighted by atomic mass is 32.2. The number of aromatic nitrogens is 1. The van der Waals surface area contributed by atoms with Crippen LogP contribution in [0, 0.1) is 25.2 Å². The summed E-state index contributed by atoms with van der Waals surface area (Å²) >= 11 is 6.61. The summed E-state index contributed by atoms with van der Waals surface area (Å²) in [6.45, 7) is 7.32. The Labute approximate surface area is 214 Å². The van der Waals surface area contributed by atoms with Crippen molar-refractivity contribution < 1.29 is 14.7 Å². The molecular weight excluding hydrogens is 482 g/mol. The summed E-state index contributed by atoms with van der Waals surface area (Å²) in [5.41, 5.74) is 1.43. The van der Waals surface area contributed by atoms with Gasteiger partial charge in [0.25, 0.3) is 11.5 Å². The van der Waals surface area contributed by atoms with E-state index in [1.165, 1.54) is 23.6 Å². The second kappa shape index (κ2) is 11.0. The zero-order valence-electron chi connectivity index (χ0n) is 20.1. The molecule has 0 spiro atoms. The minimum absolute atomic E-state index is 0.0199. The SMILES string of the molecule is CCC(C)n1c(O)c(C(=O)CCCN2C(=O)/C(=C/c3ccc(C)cc3)SC2=S)c(C)c(C#N)c1=O. The van der Waals surface area contributed by atoms with Gasteiger partial charge in [-0.25, -0.2) is 0 Å². The number of rotatable bonds is 8. The lowest BCUT2D eigenvalue weighted by Gasteiger charge is -2.20. The van der Waals surface area contributed by atoms with Crippen molar-refractivity contribution in [1.82, 2.24) is 9.47 Å². The second-order valence-electron chi connectivity index (χ2n) is 8.51. The first-order valence-corrected chi connectivity index (χ1v) is 12.6. The number of hydrogen-bond acceptors (Lipinski definition) is 7. The first-order valence-electron chi connectivity index (χ1n) is 11.3. The lowest BCUT2D eigenvalue weighted by atomic mass is 9.98. The lowest BCUT2D eigenvalue weighted by molar-refractivity contribution is -0.122. The molecule has 0 saturated carbocycles. The van der Waals surface area contributed by atoms with E-state index >= 15 is 0 Å². The number of pyridine rings is 1. The van der Waals surface area contributed by atoms with Crippen LogP contribution in [-0.2, 0) is 4.79 Å². The largest absolute Gasteiger partial charge is 0.494 e. The summed E-state index contributed by atoms with van der Waals surface area (Å²) in [6.07, 6.45) is 2.67. The quantitative estimate of drug-likeness (QED) is 0.307. The van der Waals surface area contributed by atoms with Gasteiger partial charge in [0.05, 0.1) is 10.5 Å². The van der Waals surface area contributed by atoms with Crippen molar-refractivity contribution >= 4 is 46.1 Å². The maximum absolute atomic E-state index is 13.1. The lowest BCUT2D eigenvalue weighted by Crippen LogP contribution is -2.30. The summed E-state index contributed by atoms with van der Waals surface area (Å²) in [4.78, 5) is 40.6. The smallest absolute Gasteiger partial charge is 0.271 e. The molecule has 1 N–H and O–H groups in total. The van der Waals surface area contributed by atoms with E-state index in [9.17, 15) is 24.8 Å². The molecule has 0 bridgehead atoms. The fraction of sp³-hybridized carbons (Fsp3) is 0.346. The highest BCUT2D eigenvalue weighted by Crippen LogP contribution is 2.33. The molecule has 182 valence electrons. The van der Waals surface area contributed by atoms with Crippen LogP contribution in [0.15, 0.2) is 34.0 Å². The summed E-state index contributed by atoms with van der Waals surface area (Å²) < 4.78 is 1.54. The van der Waals surface area contributed by atoms with Crippen LogP contribution in [0.2, 0.25) is 0 Å². The minimum atomic E-state index is -0.605. The first-order chi connectivity index (χ1) is 16.6. The van der Waals surface area contributed by atoms with Gasteiger partial charge in [-0.1, -0.05) is 60.7 Å². The molecule has 2 heterocycles. The van der Waals surface area contributed by atoms with Crippen molar-refractivity contribution in [2.45, 2.75) is 53.0 Å². The molecule has 1 saturated heterocycles. The molecule has 1 atom stereocenters. The van der Waals surface area contributed by atoms with Gasteiger partial charge in [0.2, 0.25) is 5.88 Å². The molecule has 1 unspecified atom stereocenters. The van der Waals surface area contributed by atoms with Crippen LogP contribution in [0.1, 0.15) is 71.8 Å². The number of thiocarbonyl (C=S) groups is 1. The molecule has 0 aliphatic carbocycles. The highest BCUT2D eigenvalue weighted by Gasteiger charge is 2.32. The van der Waals surface area contributed by atoms with E-state index in [1.54, 1.807) is 13.0 Å². The summed E-state index contributed by atoms with van der Waals surface area (Å²) in [5, 5.41) is 20.2. The van der Waals surface area contributed by atoms with Gasteiger partial charge in [-0.3, -0.25) is 23.9 Å². The van der Waals surface area contributed by atoms with Crippen LogP contribution in [-0.4, -0.2) is 37.1 Å². The number of benzene rings is 1. The zero-order valence-corrected chi connectivity index (χ0v) is 21.8. The monoisotopic (exact) mass is 509 g/mol. The fourth-order valence-corrected chi connectivity index (χ4v) is 5.19. The van der Waals surface area contributed by atoms with E-state index in [2.05, 4.69) is 0 Å². The van der Waals surface area contributed by atoms with Crippen molar-refractivity contribution in [1.29, 1.82) is 5.26 Å². The Kier molecular flexibility index (Phi) is 8.30. The summed E-state index contributed by atoms with van der Waals surface area (Å²) in [7, 11) is 0. The number of amides is 1. The number of nitriles is 1. The number of hydrogen-bond donors (Lipinski definition) is 1. The molecule has 9 heteroatoms. The Morgan fingerprint density at radius 1 is 1.26 bits per heavy atom. The number of aromatic hydroxyl groups is 1. The molecule has 7 nitrogen and oxygen atoms in total. The van der Waals surface area contributed by atoms with Crippen LogP contribution < -0.4 is 5.56 Å². The number of carbonyl (C=O) groups excluding carboxylic acids is 2. The van der Waals surface area contributed by atoms with E-state index in [0.29, 0.717) is 22.1 Å². The molecule has 1 fully saturated rings. The van der Waals surface area contributed by atoms with Crippen molar-refractivity contribution in [3.63, 3.8) is 0 Å². The molecule has 3 rings (SSSR count). The van der Waals surface area contributed by atoms with E-state index in [0.717, 1.165) is 15.7 Å². The summed E-state index contributed by atoms with van der Waals surface area (Å²) in [6, 6.07) is 9.30. The predicted octanol–water partition coefficient (Wildman–Crippen LogP) is 4.88. The third-order valence-electron chi connectivity index (χ3n) is 6.09. The fourth-order valence-electron chi connectivity index (χ4n) is 3.88. The van der Waals surface area contributed by atoms with Crippen molar-refractivity contribution in [2.75, 3.05) is 6.54 Å². The average Bonchev–Trinajstić information content (AvgIpc) is 3.07. The summed E-state index contributed by atoms with van der Waals surface area (Å²) in [5.74, 6) is -1.02. The minimum Gasteiger partial charge on any atom is -0.494 e. The third-order valence-corrected chi connectivity index (χ3v) is 7.47. The number of thioether (sulfide) groups is 1. The van der Waals surface area contributed by atoms with Crippen molar-refractivity contribution in [3.8, 4) is 11.9 Å². The number of aryl methyl sites for hydroxylation is 1. The maximum atomic E-state index is 13.1. The highest BCUT2D eigenvalue weighted by molar-refractivity contribution is 8.26. The van der Waals surface area contributed by atoms with Crippen LogP contribution in [0.3, 0.4) is 0 Å². The maximum Gasteiger partial charge on any atom is 0.271 e. The Morgan fingerprint density at radius 2 is 1.91 bits per heavy atom. The normalized spacial score (nSPS) is 15.5. The number of Topliss-reactive ketones (excluding diaryl/α,β-unsaturated/α-hetero) is 1. The van der Waals surface area contributed by atoms with E-state index in [1.807, 2.05) is 44.2 Å². The molecule has 1 amide bonds. The Hall–Kier alpha value is -3.22. The molecule has 1 aromatic carbocycles. The number of nitrogens with zero attached hydrogens (tertiary/aromatic N) is 3. The van der Waals surface area contributed by atoms with Gasteiger partial charge in [-0.15, -0.1) is 0 Å². The van der Waals surface area contributed by atoms with Crippen molar-refractivity contribution in [3.05, 3.63) is 67.3 Å². The molecule has 0 radical (unpaired) electrons. The van der Waals surface area contributed by atoms with Gasteiger partial charge in [0.1, 0.15) is 16.0 Å². The standard InChI is InChI=1S/C26H27N3O4S2/c1-5-16(3)29-23(31)19(14-27)17(4)22(25(29)33)20(30)7-6-12-28-24(32)21(35-26(28)34)13-18-10-8-15(2)9-11-18/h8-11,13,16,33H,5-7,12H2,1-4H3/b21-13-. The zero-order chi connectivity index (χ0) is 25.9. The Balaban J connectivity index is 1.76. The van der Waals surface area contributed by atoms with Crippen LogP contribution in [0.5, 0.6) is 5.88 Å². The molecule has 1 aliphatic heterocycles. The van der Waals surface area contributed by atoms with Crippen LogP contribution in [0.4, 0.5) is 0 Å². The van der Waals surface area contributed by atoms with Crippen LogP contribution in [0.25, 0.3) is 6.08 Å². The van der Waals surface area contributed by atoms with Gasteiger partial charge in [-0.05, 0) is 50.8 Å². The first kappa shape index (κ1) is 26.4. The predicted molar refractivity (Wildman–Crippen MR) is 141 cm³/mol. The molecule has 1 aliphatic rings. The number of ketones is 1. The average molecular weight is 510 g/mol. The van der Waals surface area contributed by atoms with E-state index < -0.39 is 17.2 Å². The molecule has 35 heavy (non-hydrogen) atoms. The second-order valence-corrected chi connectivity index (χ2v) is 10.2. The third kappa shape index (κ3) is 5.39. The van der Waals surface area contributed by atoms with E-state index in [4.69, 9.17) is 12.2 Å². The molecular formula is C26H27N3O4S2. The van der Waals surface area contributed by atoms with E-state index in [-0.39, 0.29) is 41.6 Å². The Bertz CT molecular complexity index is 1320. The van der Waals surface area contributed by atoms with Gasteiger partial charge >= 0.3 is 0 Å². The van der Waals surface area contributed by atoms with Gasteiger partial charge < -0.3 is 5.11 Å². The molecule has 2 aromatic rings. The van der Waals surface area contributed by atoms with Gasteiger partial charge in [-0.2, -0.15) is 5.26 Å². The molecule has 1 aromatic heterocycles. The van der Waals surface area contributed by atoms with Gasteiger partial charge in [0, 0.05) is 19.0 Å².